The summed E-state index contributed by atoms with van der Waals surface area (Å²) < 4.78 is 11.9. The average molecular weight is 827 g/mol. The van der Waals surface area contributed by atoms with E-state index in [4.69, 9.17) is 20.2 Å². The SMILES string of the molecule is C=C/C(=C\C=C(/C)Oc1nc(C2CCN(C(=O)/C=C/CN3CCN(CCNC(=O)CCCC[C@@H]4SC[C@@H]5NC(=O)N[C@@H]54)CC3)CC2)ccc1C(N)=O)Oc1ccccc1. The number of nitrogens with two attached hydrogens (primary N) is 1. The maximum absolute atomic E-state index is 13.1. The molecule has 14 nitrogen and oxygen atoms in total. The van der Waals surface area contributed by atoms with Crippen LogP contribution in [0.5, 0.6) is 11.6 Å². The second-order valence-electron chi connectivity index (χ2n) is 15.4. The van der Waals surface area contributed by atoms with Crippen LogP contribution >= 0.6 is 11.8 Å². The first-order valence-electron chi connectivity index (χ1n) is 20.7. The van der Waals surface area contributed by atoms with Crippen LogP contribution in [-0.2, 0) is 9.59 Å². The molecule has 4 saturated heterocycles. The van der Waals surface area contributed by atoms with Crippen molar-refractivity contribution in [2.45, 2.75) is 68.7 Å². The van der Waals surface area contributed by atoms with E-state index in [2.05, 4.69) is 32.3 Å². The van der Waals surface area contributed by atoms with Crippen molar-refractivity contribution in [3.8, 4) is 11.6 Å². The number of benzene rings is 1. The van der Waals surface area contributed by atoms with Gasteiger partial charge in [-0.1, -0.05) is 37.3 Å². The smallest absolute Gasteiger partial charge is 0.315 e. The molecule has 1 aromatic carbocycles. The van der Waals surface area contributed by atoms with E-state index < -0.39 is 5.91 Å². The molecule has 3 atom stereocenters. The maximum Gasteiger partial charge on any atom is 0.315 e. The number of piperazine rings is 1. The molecule has 5 N–H and O–H groups in total. The number of hydrogen-bond donors (Lipinski definition) is 4. The minimum Gasteiger partial charge on any atom is -0.457 e. The van der Waals surface area contributed by atoms with E-state index in [1.165, 1.54) is 0 Å². The molecule has 0 radical (unpaired) electrons. The first-order valence-corrected chi connectivity index (χ1v) is 21.8. The first-order chi connectivity index (χ1) is 28.6. The lowest BCUT2D eigenvalue weighted by Gasteiger charge is -2.34. The summed E-state index contributed by atoms with van der Waals surface area (Å²) >= 11 is 1.91. The fraction of sp³-hybridized carbons (Fsp3) is 0.477. The summed E-state index contributed by atoms with van der Waals surface area (Å²) in [5.41, 5.74) is 6.64. The molecule has 1 aromatic heterocycles. The van der Waals surface area contributed by atoms with Gasteiger partial charge in [-0.25, -0.2) is 9.78 Å². The molecule has 4 fully saturated rings. The van der Waals surface area contributed by atoms with Crippen molar-refractivity contribution in [2.75, 3.05) is 64.7 Å². The van der Waals surface area contributed by atoms with Gasteiger partial charge in [-0.2, -0.15) is 11.8 Å². The summed E-state index contributed by atoms with van der Waals surface area (Å²) in [5, 5.41) is 9.51. The van der Waals surface area contributed by atoms with Crippen LogP contribution in [0.2, 0.25) is 0 Å². The Morgan fingerprint density at radius 3 is 2.49 bits per heavy atom. The van der Waals surface area contributed by atoms with Gasteiger partial charge < -0.3 is 36.1 Å². The fourth-order valence-corrected chi connectivity index (χ4v) is 9.36. The van der Waals surface area contributed by atoms with Crippen LogP contribution in [0.3, 0.4) is 0 Å². The highest BCUT2D eigenvalue weighted by atomic mass is 32.2. The van der Waals surface area contributed by atoms with Gasteiger partial charge in [-0.15, -0.1) is 0 Å². The standard InChI is InChI=1S/C44H58N8O6S/c1-3-33(58-34-10-5-4-6-11-34)16-15-31(2)57-43-35(42(45)55)17-18-36(47-43)32-19-23-52(24-20-32)40(54)14-9-22-50-26-28-51(29-27-50)25-21-46-39(53)13-8-7-12-38-41-37(30-59-38)48-44(56)49-41/h3-6,9-11,14-18,32,37-38,41H,1,7-8,12-13,19-30H2,2H3,(H2,45,55)(H,46,53)(H2,48,49,56)/b14-9+,31-15+,33-16+/t37-,38-,41-/m0/s1. The minimum atomic E-state index is -0.632. The van der Waals surface area contributed by atoms with Gasteiger partial charge in [0.2, 0.25) is 17.7 Å². The molecule has 316 valence electrons. The van der Waals surface area contributed by atoms with Crippen LogP contribution in [0.4, 0.5) is 4.79 Å². The summed E-state index contributed by atoms with van der Waals surface area (Å²) in [5.74, 6) is 2.37. The Bertz CT molecular complexity index is 1870. The zero-order valence-electron chi connectivity index (χ0n) is 34.0. The highest BCUT2D eigenvalue weighted by molar-refractivity contribution is 8.00. The van der Waals surface area contributed by atoms with Crippen LogP contribution in [0.15, 0.2) is 90.9 Å². The van der Waals surface area contributed by atoms with Crippen LogP contribution in [0.25, 0.3) is 0 Å². The van der Waals surface area contributed by atoms with Crippen LogP contribution < -0.4 is 31.2 Å². The number of nitrogens with zero attached hydrogens (tertiary/aromatic N) is 4. The number of likely N-dealkylation sites (tertiary alicyclic amines) is 1. The molecule has 0 aliphatic carbocycles. The van der Waals surface area contributed by atoms with Crippen LogP contribution in [0.1, 0.15) is 67.4 Å². The summed E-state index contributed by atoms with van der Waals surface area (Å²) in [6.07, 6.45) is 13.6. The predicted molar refractivity (Wildman–Crippen MR) is 230 cm³/mol. The van der Waals surface area contributed by atoms with E-state index >= 15 is 0 Å². The normalized spacial score (nSPS) is 21.8. The number of nitrogens with one attached hydrogen (secondary N) is 3. The third-order valence-corrected chi connectivity index (χ3v) is 12.7. The van der Waals surface area contributed by atoms with Gasteiger partial charge in [0, 0.05) is 94.0 Å². The number of pyridine rings is 1. The fourth-order valence-electron chi connectivity index (χ4n) is 7.82. The number of urea groups is 1. The molecule has 0 saturated carbocycles. The lowest BCUT2D eigenvalue weighted by Crippen LogP contribution is -2.48. The molecule has 5 amide bonds. The number of hydrogen-bond acceptors (Lipinski definition) is 10. The van der Waals surface area contributed by atoms with Crippen molar-refractivity contribution in [2.24, 2.45) is 5.73 Å². The van der Waals surface area contributed by atoms with Gasteiger partial charge in [-0.05, 0) is 75.1 Å². The lowest BCUT2D eigenvalue weighted by molar-refractivity contribution is -0.127. The van der Waals surface area contributed by atoms with Gasteiger partial charge >= 0.3 is 6.03 Å². The second-order valence-corrected chi connectivity index (χ2v) is 16.7. The summed E-state index contributed by atoms with van der Waals surface area (Å²) in [7, 11) is 0. The van der Waals surface area contributed by atoms with E-state index in [9.17, 15) is 19.2 Å². The first kappa shape index (κ1) is 43.5. The monoisotopic (exact) mass is 826 g/mol. The predicted octanol–water partition coefficient (Wildman–Crippen LogP) is 4.33. The third-order valence-electron chi connectivity index (χ3n) is 11.2. The molecule has 6 rings (SSSR count). The summed E-state index contributed by atoms with van der Waals surface area (Å²) in [6.45, 7) is 12.6. The molecule has 0 unspecified atom stereocenters. The van der Waals surface area contributed by atoms with Crippen LogP contribution in [-0.4, -0.2) is 125 Å². The number of fused-ring (bicyclic) bond motifs is 1. The molecule has 0 bridgehead atoms. The molecule has 15 heteroatoms. The molecule has 2 aromatic rings. The zero-order chi connectivity index (χ0) is 41.6. The van der Waals surface area contributed by atoms with E-state index in [-0.39, 0.29) is 47.3 Å². The number of carbonyl (C=O) groups is 4. The molecule has 5 heterocycles. The third kappa shape index (κ3) is 12.9. The van der Waals surface area contributed by atoms with Crippen molar-refractivity contribution in [1.82, 2.24) is 35.6 Å². The Hall–Kier alpha value is -5.12. The zero-order valence-corrected chi connectivity index (χ0v) is 34.8. The number of aromatic nitrogens is 1. The number of carbonyl (C=O) groups excluding carboxylic acids is 4. The van der Waals surface area contributed by atoms with Gasteiger partial charge in [0.1, 0.15) is 22.8 Å². The van der Waals surface area contributed by atoms with E-state index in [0.717, 1.165) is 76.3 Å². The molecular formula is C44H58N8O6S. The van der Waals surface area contributed by atoms with Crippen molar-refractivity contribution >= 4 is 35.5 Å². The number of amides is 5. The molecular weight excluding hydrogens is 769 g/mol. The van der Waals surface area contributed by atoms with Gasteiger partial charge in [0.25, 0.3) is 5.91 Å². The number of primary amides is 1. The lowest BCUT2D eigenvalue weighted by atomic mass is 9.92. The molecule has 0 spiro atoms. The summed E-state index contributed by atoms with van der Waals surface area (Å²) in [6, 6.07) is 13.2. The van der Waals surface area contributed by atoms with Crippen molar-refractivity contribution in [1.29, 1.82) is 0 Å². The highest BCUT2D eigenvalue weighted by Gasteiger charge is 2.42. The van der Waals surface area contributed by atoms with Gasteiger partial charge in [-0.3, -0.25) is 24.2 Å². The van der Waals surface area contributed by atoms with Crippen LogP contribution in [0, 0.1) is 0 Å². The Balaban J connectivity index is 0.856. The molecule has 59 heavy (non-hydrogen) atoms. The Morgan fingerprint density at radius 2 is 1.75 bits per heavy atom. The number of para-hydroxylation sites is 1. The Morgan fingerprint density at radius 1 is 0.983 bits per heavy atom. The number of piperidine rings is 1. The van der Waals surface area contributed by atoms with Crippen molar-refractivity contribution in [3.05, 3.63) is 102 Å². The number of ether oxygens (including phenoxy) is 2. The van der Waals surface area contributed by atoms with Gasteiger partial charge in [0.05, 0.1) is 12.1 Å². The largest absolute Gasteiger partial charge is 0.457 e. The van der Waals surface area contributed by atoms with E-state index in [1.807, 2.05) is 59.1 Å². The van der Waals surface area contributed by atoms with Crippen molar-refractivity contribution in [3.63, 3.8) is 0 Å². The van der Waals surface area contributed by atoms with E-state index in [0.29, 0.717) is 55.1 Å². The topological polar surface area (TPSA) is 171 Å². The van der Waals surface area contributed by atoms with Gasteiger partial charge in [0.15, 0.2) is 0 Å². The minimum absolute atomic E-state index is 0.00788. The average Bonchev–Trinajstić information content (AvgIpc) is 3.80. The van der Waals surface area contributed by atoms with Crippen molar-refractivity contribution < 1.29 is 28.7 Å². The number of allylic oxidation sites excluding steroid dienone is 4. The highest BCUT2D eigenvalue weighted by Crippen LogP contribution is 2.33. The number of rotatable bonds is 19. The van der Waals surface area contributed by atoms with E-state index in [1.54, 1.807) is 37.3 Å². The second kappa shape index (κ2) is 21.8. The molecule has 4 aliphatic heterocycles. The summed E-state index contributed by atoms with van der Waals surface area (Å²) in [4.78, 5) is 60.6. The Kier molecular flexibility index (Phi) is 16.0. The quantitative estimate of drug-likeness (QED) is 0.0526. The molecule has 4 aliphatic rings. The number of thioether (sulfide) groups is 1. The number of unbranched alkanes of at least 4 members (excludes halogenated alkanes) is 1. The Labute approximate surface area is 351 Å². The maximum atomic E-state index is 13.1.